The van der Waals surface area contributed by atoms with Gasteiger partial charge in [0.15, 0.2) is 0 Å². The lowest BCUT2D eigenvalue weighted by Gasteiger charge is -2.30. The second-order valence-electron chi connectivity index (χ2n) is 6.95. The van der Waals surface area contributed by atoms with E-state index in [0.717, 1.165) is 24.0 Å². The van der Waals surface area contributed by atoms with Crippen molar-refractivity contribution in [3.63, 3.8) is 0 Å². The van der Waals surface area contributed by atoms with E-state index in [-0.39, 0.29) is 15.8 Å². The molecule has 1 aliphatic heterocycles. The van der Waals surface area contributed by atoms with Crippen LogP contribution in [0.15, 0.2) is 57.9 Å². The minimum absolute atomic E-state index is 0.128. The number of benzene rings is 2. The van der Waals surface area contributed by atoms with Gasteiger partial charge in [-0.25, -0.2) is 8.42 Å². The molecule has 0 radical (unpaired) electrons. The van der Waals surface area contributed by atoms with Crippen molar-refractivity contribution in [3.8, 4) is 11.4 Å². The maximum Gasteiger partial charge on any atom is 0.244 e. The first-order valence-electron chi connectivity index (χ1n) is 9.10. The van der Waals surface area contributed by atoms with E-state index in [1.165, 1.54) is 10.4 Å². The third-order valence-corrected chi connectivity index (χ3v) is 7.30. The Hall–Kier alpha value is -2.22. The van der Waals surface area contributed by atoms with Crippen molar-refractivity contribution in [1.82, 2.24) is 14.4 Å². The number of halogens is 1. The zero-order valence-electron chi connectivity index (χ0n) is 15.4. The molecule has 28 heavy (non-hydrogen) atoms. The van der Waals surface area contributed by atoms with Crippen molar-refractivity contribution in [3.05, 3.63) is 65.0 Å². The highest BCUT2D eigenvalue weighted by atomic mass is 35.5. The van der Waals surface area contributed by atoms with Crippen LogP contribution in [-0.2, 0) is 10.0 Å². The fourth-order valence-corrected chi connectivity index (χ4v) is 5.39. The van der Waals surface area contributed by atoms with Crippen LogP contribution in [0.3, 0.4) is 0 Å². The summed E-state index contributed by atoms with van der Waals surface area (Å²) in [5.41, 5.74) is 2.03. The zero-order valence-corrected chi connectivity index (χ0v) is 16.9. The Morgan fingerprint density at radius 2 is 1.89 bits per heavy atom. The summed E-state index contributed by atoms with van der Waals surface area (Å²) in [5.74, 6) is 0.841. The second kappa shape index (κ2) is 7.66. The first-order valence-corrected chi connectivity index (χ1v) is 10.9. The fourth-order valence-electron chi connectivity index (χ4n) is 3.38. The largest absolute Gasteiger partial charge is 0.339 e. The Kier molecular flexibility index (Phi) is 5.23. The van der Waals surface area contributed by atoms with E-state index in [4.69, 9.17) is 16.1 Å². The number of aromatic nitrogens is 2. The predicted octanol–water partition coefficient (Wildman–Crippen LogP) is 4.27. The number of piperidine rings is 1. The average Bonchev–Trinajstić information content (AvgIpc) is 3.19. The molecule has 1 fully saturated rings. The monoisotopic (exact) mass is 417 g/mol. The van der Waals surface area contributed by atoms with Crippen LogP contribution in [0.2, 0.25) is 5.02 Å². The maximum absolute atomic E-state index is 13.0. The maximum atomic E-state index is 13.0. The lowest BCUT2D eigenvalue weighted by atomic mass is 10.00. The summed E-state index contributed by atoms with van der Waals surface area (Å²) in [6.45, 7) is 2.76. The molecule has 0 bridgehead atoms. The summed E-state index contributed by atoms with van der Waals surface area (Å²) in [5, 5.41) is 4.30. The van der Waals surface area contributed by atoms with Gasteiger partial charge < -0.3 is 4.52 Å². The van der Waals surface area contributed by atoms with Gasteiger partial charge in [0.05, 0.1) is 10.9 Å². The van der Waals surface area contributed by atoms with Gasteiger partial charge >= 0.3 is 0 Å². The van der Waals surface area contributed by atoms with Gasteiger partial charge in [-0.15, -0.1) is 0 Å². The van der Waals surface area contributed by atoms with Crippen LogP contribution < -0.4 is 0 Å². The van der Waals surface area contributed by atoms with Gasteiger partial charge in [-0.3, -0.25) is 0 Å². The molecule has 1 atom stereocenters. The molecular weight excluding hydrogens is 398 g/mol. The molecule has 1 aromatic heterocycles. The first-order chi connectivity index (χ1) is 13.4. The lowest BCUT2D eigenvalue weighted by Crippen LogP contribution is -2.39. The summed E-state index contributed by atoms with van der Waals surface area (Å²) in [6.07, 6.45) is 1.51. The molecule has 1 aliphatic rings. The molecule has 1 unspecified atom stereocenters. The van der Waals surface area contributed by atoms with E-state index in [9.17, 15) is 8.42 Å². The normalized spacial score (nSPS) is 18.3. The van der Waals surface area contributed by atoms with Gasteiger partial charge in [0.2, 0.25) is 21.7 Å². The molecule has 8 heteroatoms. The van der Waals surface area contributed by atoms with Gasteiger partial charge in [-0.2, -0.15) is 9.29 Å². The molecule has 3 aromatic rings. The average molecular weight is 418 g/mol. The molecule has 6 nitrogen and oxygen atoms in total. The Morgan fingerprint density at radius 3 is 2.64 bits per heavy atom. The summed E-state index contributed by atoms with van der Waals surface area (Å²) >= 11 is 6.12. The van der Waals surface area contributed by atoms with Gasteiger partial charge in [-0.1, -0.05) is 58.7 Å². The van der Waals surface area contributed by atoms with Crippen LogP contribution in [0.5, 0.6) is 0 Å². The van der Waals surface area contributed by atoms with E-state index in [2.05, 4.69) is 10.1 Å². The fraction of sp³-hybridized carbons (Fsp3) is 0.300. The van der Waals surface area contributed by atoms with E-state index < -0.39 is 10.0 Å². The van der Waals surface area contributed by atoms with Crippen LogP contribution in [0.4, 0.5) is 0 Å². The van der Waals surface area contributed by atoms with Crippen molar-refractivity contribution in [2.45, 2.75) is 30.6 Å². The highest BCUT2D eigenvalue weighted by Gasteiger charge is 2.34. The molecular formula is C20H20ClN3O3S. The van der Waals surface area contributed by atoms with Crippen LogP contribution in [0.1, 0.15) is 30.2 Å². The highest BCUT2D eigenvalue weighted by Crippen LogP contribution is 2.32. The van der Waals surface area contributed by atoms with Gasteiger partial charge in [0.25, 0.3) is 0 Å². The SMILES string of the molecule is Cc1ccc(-c2noc(C3CCCN(S(=O)(=O)c4ccccc4Cl)C3)n2)cc1. The van der Waals surface area contributed by atoms with Gasteiger partial charge in [0, 0.05) is 18.7 Å². The number of hydrogen-bond donors (Lipinski definition) is 0. The molecule has 2 heterocycles. The third-order valence-electron chi connectivity index (χ3n) is 4.94. The topological polar surface area (TPSA) is 76.3 Å². The van der Waals surface area contributed by atoms with E-state index >= 15 is 0 Å². The highest BCUT2D eigenvalue weighted by molar-refractivity contribution is 7.89. The number of rotatable bonds is 4. The molecule has 0 aliphatic carbocycles. The quantitative estimate of drug-likeness (QED) is 0.633. The number of nitrogens with zero attached hydrogens (tertiary/aromatic N) is 3. The summed E-state index contributed by atoms with van der Waals surface area (Å²) < 4.78 is 33.0. The minimum atomic E-state index is -3.67. The molecule has 0 spiro atoms. The van der Waals surface area contributed by atoms with E-state index in [1.807, 2.05) is 31.2 Å². The Labute approximate surface area is 169 Å². The van der Waals surface area contributed by atoms with Crippen molar-refractivity contribution >= 4 is 21.6 Å². The van der Waals surface area contributed by atoms with Gasteiger partial charge in [0.1, 0.15) is 4.90 Å². The predicted molar refractivity (Wildman–Crippen MR) is 107 cm³/mol. The molecule has 0 saturated carbocycles. The summed E-state index contributed by atoms with van der Waals surface area (Å²) in [6, 6.07) is 14.4. The van der Waals surface area contributed by atoms with Crippen LogP contribution in [0, 0.1) is 6.92 Å². The lowest BCUT2D eigenvalue weighted by molar-refractivity contribution is 0.265. The second-order valence-corrected chi connectivity index (χ2v) is 9.27. The molecule has 0 amide bonds. The Bertz CT molecular complexity index is 1080. The number of aryl methyl sites for hydroxylation is 1. The van der Waals surface area contributed by atoms with E-state index in [0.29, 0.717) is 24.8 Å². The zero-order chi connectivity index (χ0) is 19.7. The third kappa shape index (κ3) is 3.70. The molecule has 0 N–H and O–H groups in total. The molecule has 1 saturated heterocycles. The first kappa shape index (κ1) is 19.1. The Balaban J connectivity index is 1.56. The van der Waals surface area contributed by atoms with Crippen molar-refractivity contribution in [2.24, 2.45) is 0 Å². The van der Waals surface area contributed by atoms with Crippen molar-refractivity contribution in [2.75, 3.05) is 13.1 Å². The molecule has 4 rings (SSSR count). The smallest absolute Gasteiger partial charge is 0.244 e. The van der Waals surface area contributed by atoms with Crippen LogP contribution >= 0.6 is 11.6 Å². The Morgan fingerprint density at radius 1 is 1.14 bits per heavy atom. The summed E-state index contributed by atoms with van der Waals surface area (Å²) in [7, 11) is -3.67. The summed E-state index contributed by atoms with van der Waals surface area (Å²) in [4.78, 5) is 4.64. The molecule has 146 valence electrons. The van der Waals surface area contributed by atoms with Crippen LogP contribution in [-0.4, -0.2) is 36.0 Å². The van der Waals surface area contributed by atoms with Gasteiger partial charge in [-0.05, 0) is 31.9 Å². The minimum Gasteiger partial charge on any atom is -0.339 e. The van der Waals surface area contributed by atoms with Crippen molar-refractivity contribution < 1.29 is 12.9 Å². The molecule has 2 aromatic carbocycles. The standard InChI is InChI=1S/C20H20ClN3O3S/c1-14-8-10-15(11-9-14)19-22-20(27-23-19)16-5-4-12-24(13-16)28(25,26)18-7-3-2-6-17(18)21/h2-3,6-11,16H,4-5,12-13H2,1H3. The number of hydrogen-bond acceptors (Lipinski definition) is 5. The van der Waals surface area contributed by atoms with E-state index in [1.54, 1.807) is 18.2 Å². The van der Waals surface area contributed by atoms with Crippen LogP contribution in [0.25, 0.3) is 11.4 Å². The number of sulfonamides is 1. The van der Waals surface area contributed by atoms with Crippen molar-refractivity contribution in [1.29, 1.82) is 0 Å².